The van der Waals surface area contributed by atoms with Crippen molar-refractivity contribution in [2.24, 2.45) is 0 Å². The van der Waals surface area contributed by atoms with Gasteiger partial charge in [0.05, 0.1) is 5.69 Å². The van der Waals surface area contributed by atoms with Gasteiger partial charge in [0.1, 0.15) is 0 Å². The Balaban J connectivity index is 1.77. The molecule has 0 aliphatic carbocycles. The third kappa shape index (κ3) is 5.12. The summed E-state index contributed by atoms with van der Waals surface area (Å²) in [7, 11) is 0. The molecule has 0 atom stereocenters. The molecule has 0 N–H and O–H groups in total. The van der Waals surface area contributed by atoms with Gasteiger partial charge in [0.25, 0.3) is 0 Å². The molecule has 1 heterocycles. The zero-order valence-corrected chi connectivity index (χ0v) is 12.5. The fourth-order valence-corrected chi connectivity index (χ4v) is 2.30. The number of carbonyl (C=O) groups excluding carboxylic acids is 1. The molecule has 0 spiro atoms. The highest BCUT2D eigenvalue weighted by Gasteiger charge is 2.08. The lowest BCUT2D eigenvalue weighted by molar-refractivity contribution is 0.0974. The molecule has 0 amide bonds. The standard InChI is InChI=1S/C18H22N2O/c1-2-20(15-17-11-6-7-13-19-17)14-8-12-18(21)16-9-4-3-5-10-16/h3-7,9-11,13H,2,8,12,14-15H2,1H3. The van der Waals surface area contributed by atoms with E-state index in [1.807, 2.05) is 54.7 Å². The highest BCUT2D eigenvalue weighted by Crippen LogP contribution is 2.07. The van der Waals surface area contributed by atoms with E-state index in [0.717, 1.165) is 37.3 Å². The first kappa shape index (κ1) is 15.4. The number of hydrogen-bond acceptors (Lipinski definition) is 3. The van der Waals surface area contributed by atoms with Crippen molar-refractivity contribution in [2.75, 3.05) is 13.1 Å². The average molecular weight is 282 g/mol. The number of carbonyl (C=O) groups is 1. The number of nitrogens with zero attached hydrogens (tertiary/aromatic N) is 2. The van der Waals surface area contributed by atoms with Gasteiger partial charge in [0.2, 0.25) is 0 Å². The van der Waals surface area contributed by atoms with Gasteiger partial charge in [-0.25, -0.2) is 0 Å². The van der Waals surface area contributed by atoms with Crippen molar-refractivity contribution in [2.45, 2.75) is 26.3 Å². The van der Waals surface area contributed by atoms with Crippen LogP contribution in [0.15, 0.2) is 54.7 Å². The Morgan fingerprint density at radius 1 is 1.10 bits per heavy atom. The lowest BCUT2D eigenvalue weighted by atomic mass is 10.1. The molecule has 0 fully saturated rings. The van der Waals surface area contributed by atoms with Crippen molar-refractivity contribution < 1.29 is 4.79 Å². The number of rotatable bonds is 8. The third-order valence-electron chi connectivity index (χ3n) is 3.53. The Hall–Kier alpha value is -2.00. The number of Topliss-reactive ketones (excluding diaryl/α,β-unsaturated/α-hetero) is 1. The first-order chi connectivity index (χ1) is 10.3. The molecule has 2 rings (SSSR count). The minimum Gasteiger partial charge on any atom is -0.298 e. The fraction of sp³-hybridized carbons (Fsp3) is 0.333. The van der Waals surface area contributed by atoms with E-state index in [1.54, 1.807) is 0 Å². The maximum atomic E-state index is 12.0. The van der Waals surface area contributed by atoms with Gasteiger partial charge in [-0.15, -0.1) is 0 Å². The Bertz CT molecular complexity index is 540. The van der Waals surface area contributed by atoms with Gasteiger partial charge in [-0.05, 0) is 31.6 Å². The first-order valence-corrected chi connectivity index (χ1v) is 7.50. The molecule has 0 radical (unpaired) electrons. The molecule has 2 aromatic rings. The van der Waals surface area contributed by atoms with Crippen LogP contribution in [0.5, 0.6) is 0 Å². The number of ketones is 1. The van der Waals surface area contributed by atoms with Gasteiger partial charge in [0.15, 0.2) is 5.78 Å². The molecule has 110 valence electrons. The summed E-state index contributed by atoms with van der Waals surface area (Å²) in [6, 6.07) is 15.5. The van der Waals surface area contributed by atoms with Crippen LogP contribution >= 0.6 is 0 Å². The van der Waals surface area contributed by atoms with E-state index in [0.29, 0.717) is 6.42 Å². The van der Waals surface area contributed by atoms with Crippen LogP contribution in [-0.2, 0) is 6.54 Å². The Morgan fingerprint density at radius 2 is 1.86 bits per heavy atom. The van der Waals surface area contributed by atoms with Crippen molar-refractivity contribution in [1.82, 2.24) is 9.88 Å². The van der Waals surface area contributed by atoms with Crippen LogP contribution in [0.4, 0.5) is 0 Å². The molecule has 0 aliphatic heterocycles. The zero-order chi connectivity index (χ0) is 14.9. The van der Waals surface area contributed by atoms with Crippen LogP contribution in [0.3, 0.4) is 0 Å². The van der Waals surface area contributed by atoms with Gasteiger partial charge in [-0.2, -0.15) is 0 Å². The van der Waals surface area contributed by atoms with E-state index in [2.05, 4.69) is 16.8 Å². The quantitative estimate of drug-likeness (QED) is 0.694. The van der Waals surface area contributed by atoms with E-state index in [-0.39, 0.29) is 5.78 Å². The summed E-state index contributed by atoms with van der Waals surface area (Å²) in [6.07, 6.45) is 3.30. The van der Waals surface area contributed by atoms with Crippen LogP contribution < -0.4 is 0 Å². The van der Waals surface area contributed by atoms with Gasteiger partial charge in [0, 0.05) is 24.7 Å². The lowest BCUT2D eigenvalue weighted by Crippen LogP contribution is -2.25. The molecule has 0 unspecified atom stereocenters. The molecular weight excluding hydrogens is 260 g/mol. The monoisotopic (exact) mass is 282 g/mol. The van der Waals surface area contributed by atoms with Crippen molar-refractivity contribution in [1.29, 1.82) is 0 Å². The summed E-state index contributed by atoms with van der Waals surface area (Å²) in [5, 5.41) is 0. The highest BCUT2D eigenvalue weighted by molar-refractivity contribution is 5.95. The number of hydrogen-bond donors (Lipinski definition) is 0. The normalized spacial score (nSPS) is 10.8. The third-order valence-corrected chi connectivity index (χ3v) is 3.53. The minimum atomic E-state index is 0.226. The molecule has 1 aromatic heterocycles. The summed E-state index contributed by atoms with van der Waals surface area (Å²) in [5.74, 6) is 0.226. The predicted octanol–water partition coefficient (Wildman–Crippen LogP) is 3.57. The molecule has 1 aromatic carbocycles. The Morgan fingerprint density at radius 3 is 2.52 bits per heavy atom. The summed E-state index contributed by atoms with van der Waals surface area (Å²) in [5.41, 5.74) is 1.89. The van der Waals surface area contributed by atoms with E-state index < -0.39 is 0 Å². The molecule has 0 saturated heterocycles. The highest BCUT2D eigenvalue weighted by atomic mass is 16.1. The molecule has 0 saturated carbocycles. The van der Waals surface area contributed by atoms with Gasteiger partial charge in [-0.3, -0.25) is 14.7 Å². The van der Waals surface area contributed by atoms with E-state index >= 15 is 0 Å². The maximum Gasteiger partial charge on any atom is 0.162 e. The average Bonchev–Trinajstić information content (AvgIpc) is 2.55. The van der Waals surface area contributed by atoms with Crippen molar-refractivity contribution >= 4 is 5.78 Å². The van der Waals surface area contributed by atoms with Crippen LogP contribution in [0, 0.1) is 0 Å². The Labute approximate surface area is 126 Å². The molecule has 0 aliphatic rings. The lowest BCUT2D eigenvalue weighted by Gasteiger charge is -2.19. The van der Waals surface area contributed by atoms with Gasteiger partial charge in [-0.1, -0.05) is 43.3 Å². The summed E-state index contributed by atoms with van der Waals surface area (Å²) in [6.45, 7) is 4.88. The van der Waals surface area contributed by atoms with Crippen LogP contribution in [0.1, 0.15) is 35.8 Å². The molecule has 3 nitrogen and oxygen atoms in total. The molecular formula is C18H22N2O. The fourth-order valence-electron chi connectivity index (χ4n) is 2.30. The summed E-state index contributed by atoms with van der Waals surface area (Å²) in [4.78, 5) is 18.7. The van der Waals surface area contributed by atoms with Crippen molar-refractivity contribution in [3.8, 4) is 0 Å². The molecule has 3 heteroatoms. The second kappa shape index (κ2) is 8.32. The van der Waals surface area contributed by atoms with Crippen LogP contribution in [0.25, 0.3) is 0 Å². The van der Waals surface area contributed by atoms with Gasteiger partial charge < -0.3 is 0 Å². The number of pyridine rings is 1. The Kier molecular flexibility index (Phi) is 6.10. The van der Waals surface area contributed by atoms with E-state index in [1.165, 1.54) is 0 Å². The minimum absolute atomic E-state index is 0.226. The predicted molar refractivity (Wildman–Crippen MR) is 85.2 cm³/mol. The van der Waals surface area contributed by atoms with Crippen LogP contribution in [0.2, 0.25) is 0 Å². The SMILES string of the molecule is CCN(CCCC(=O)c1ccccc1)Cc1ccccn1. The van der Waals surface area contributed by atoms with Crippen LogP contribution in [-0.4, -0.2) is 28.8 Å². The maximum absolute atomic E-state index is 12.0. The molecule has 0 bridgehead atoms. The molecule has 21 heavy (non-hydrogen) atoms. The largest absolute Gasteiger partial charge is 0.298 e. The number of benzene rings is 1. The van der Waals surface area contributed by atoms with Crippen molar-refractivity contribution in [3.63, 3.8) is 0 Å². The summed E-state index contributed by atoms with van der Waals surface area (Å²) >= 11 is 0. The van der Waals surface area contributed by atoms with E-state index in [9.17, 15) is 4.79 Å². The van der Waals surface area contributed by atoms with E-state index in [4.69, 9.17) is 0 Å². The van der Waals surface area contributed by atoms with Crippen molar-refractivity contribution in [3.05, 3.63) is 66.0 Å². The topological polar surface area (TPSA) is 33.2 Å². The van der Waals surface area contributed by atoms with Gasteiger partial charge >= 0.3 is 0 Å². The smallest absolute Gasteiger partial charge is 0.162 e. The zero-order valence-electron chi connectivity index (χ0n) is 12.5. The number of aromatic nitrogens is 1. The summed E-state index contributed by atoms with van der Waals surface area (Å²) < 4.78 is 0. The first-order valence-electron chi connectivity index (χ1n) is 7.50. The second-order valence-electron chi connectivity index (χ2n) is 5.08. The second-order valence-corrected chi connectivity index (χ2v) is 5.08.